The SMILES string of the molecule is CC(C)NC(=O)Nc1ccccc1C(=O)OCC(=O)c1ccc2c(c1)CCC(=O)N2. The number of fused-ring (bicyclic) bond motifs is 1. The summed E-state index contributed by atoms with van der Waals surface area (Å²) in [5, 5.41) is 8.04. The summed E-state index contributed by atoms with van der Waals surface area (Å²) in [6.07, 6.45) is 0.924. The first-order chi connectivity index (χ1) is 14.3. The predicted molar refractivity (Wildman–Crippen MR) is 112 cm³/mol. The van der Waals surface area contributed by atoms with E-state index < -0.39 is 18.6 Å². The Bertz CT molecular complexity index is 1000. The average molecular weight is 409 g/mol. The molecule has 3 amide bonds. The van der Waals surface area contributed by atoms with Crippen LogP contribution in [0.1, 0.15) is 46.5 Å². The van der Waals surface area contributed by atoms with Crippen molar-refractivity contribution in [2.45, 2.75) is 32.7 Å². The molecule has 1 aliphatic heterocycles. The van der Waals surface area contributed by atoms with Gasteiger partial charge in [-0.2, -0.15) is 0 Å². The van der Waals surface area contributed by atoms with E-state index in [9.17, 15) is 19.2 Å². The van der Waals surface area contributed by atoms with Gasteiger partial charge in [-0.15, -0.1) is 0 Å². The first-order valence-electron chi connectivity index (χ1n) is 9.63. The number of ether oxygens (including phenoxy) is 1. The molecule has 8 heteroatoms. The van der Waals surface area contributed by atoms with Crippen molar-refractivity contribution in [2.75, 3.05) is 17.2 Å². The maximum Gasteiger partial charge on any atom is 0.340 e. The van der Waals surface area contributed by atoms with E-state index in [-0.39, 0.29) is 29.0 Å². The number of aryl methyl sites for hydroxylation is 1. The van der Waals surface area contributed by atoms with Crippen LogP contribution in [0.15, 0.2) is 42.5 Å². The molecule has 0 saturated heterocycles. The highest BCUT2D eigenvalue weighted by Gasteiger charge is 2.19. The molecule has 0 fully saturated rings. The molecule has 8 nitrogen and oxygen atoms in total. The summed E-state index contributed by atoms with van der Waals surface area (Å²) in [5.41, 5.74) is 2.41. The highest BCUT2D eigenvalue weighted by atomic mass is 16.5. The van der Waals surface area contributed by atoms with Crippen molar-refractivity contribution in [3.8, 4) is 0 Å². The second kappa shape index (κ2) is 9.21. The number of hydrogen-bond donors (Lipinski definition) is 3. The third-order valence-electron chi connectivity index (χ3n) is 4.47. The molecule has 0 spiro atoms. The minimum Gasteiger partial charge on any atom is -0.454 e. The Hall–Kier alpha value is -3.68. The first-order valence-corrected chi connectivity index (χ1v) is 9.63. The topological polar surface area (TPSA) is 114 Å². The number of carbonyl (C=O) groups is 4. The maximum absolute atomic E-state index is 12.5. The van der Waals surface area contributed by atoms with E-state index in [4.69, 9.17) is 4.74 Å². The molecule has 2 aromatic carbocycles. The lowest BCUT2D eigenvalue weighted by molar-refractivity contribution is -0.116. The molecular formula is C22H23N3O5. The minimum absolute atomic E-state index is 0.0511. The van der Waals surface area contributed by atoms with Gasteiger partial charge in [-0.05, 0) is 56.2 Å². The van der Waals surface area contributed by atoms with E-state index >= 15 is 0 Å². The van der Waals surface area contributed by atoms with Crippen LogP contribution in [0.2, 0.25) is 0 Å². The number of hydrogen-bond acceptors (Lipinski definition) is 5. The van der Waals surface area contributed by atoms with Crippen molar-refractivity contribution in [3.05, 3.63) is 59.2 Å². The summed E-state index contributed by atoms with van der Waals surface area (Å²) < 4.78 is 5.18. The summed E-state index contributed by atoms with van der Waals surface area (Å²) in [7, 11) is 0. The quantitative estimate of drug-likeness (QED) is 0.501. The lowest BCUT2D eigenvalue weighted by atomic mass is 9.99. The molecule has 156 valence electrons. The van der Waals surface area contributed by atoms with E-state index in [1.54, 1.807) is 36.4 Å². The zero-order valence-electron chi connectivity index (χ0n) is 16.8. The average Bonchev–Trinajstić information content (AvgIpc) is 2.71. The Morgan fingerprint density at radius 3 is 2.63 bits per heavy atom. The molecule has 0 unspecified atom stereocenters. The van der Waals surface area contributed by atoms with Crippen molar-refractivity contribution in [3.63, 3.8) is 0 Å². The smallest absolute Gasteiger partial charge is 0.340 e. The number of carbonyl (C=O) groups excluding carboxylic acids is 4. The summed E-state index contributed by atoms with van der Waals surface area (Å²) in [6.45, 7) is 3.20. The van der Waals surface area contributed by atoms with E-state index in [1.165, 1.54) is 6.07 Å². The molecule has 3 rings (SSSR count). The third-order valence-corrected chi connectivity index (χ3v) is 4.47. The lowest BCUT2D eigenvalue weighted by Crippen LogP contribution is -2.34. The molecule has 0 bridgehead atoms. The molecule has 1 aliphatic rings. The lowest BCUT2D eigenvalue weighted by Gasteiger charge is -2.17. The highest BCUT2D eigenvalue weighted by molar-refractivity contribution is 6.03. The van der Waals surface area contributed by atoms with Gasteiger partial charge < -0.3 is 20.7 Å². The molecule has 2 aromatic rings. The largest absolute Gasteiger partial charge is 0.454 e. The zero-order valence-corrected chi connectivity index (χ0v) is 16.8. The van der Waals surface area contributed by atoms with Crippen molar-refractivity contribution in [1.29, 1.82) is 0 Å². The van der Waals surface area contributed by atoms with E-state index in [1.807, 2.05) is 13.8 Å². The summed E-state index contributed by atoms with van der Waals surface area (Å²) in [4.78, 5) is 48.3. The Morgan fingerprint density at radius 1 is 1.10 bits per heavy atom. The number of para-hydroxylation sites is 1. The fourth-order valence-electron chi connectivity index (χ4n) is 3.04. The summed E-state index contributed by atoms with van der Waals surface area (Å²) in [6, 6.07) is 10.9. The summed E-state index contributed by atoms with van der Waals surface area (Å²) >= 11 is 0. The summed E-state index contributed by atoms with van der Waals surface area (Å²) in [5.74, 6) is -1.12. The Kier molecular flexibility index (Phi) is 6.46. The van der Waals surface area contributed by atoms with Crippen LogP contribution in [0.4, 0.5) is 16.2 Å². The number of anilines is 2. The van der Waals surface area contributed by atoms with Crippen LogP contribution in [-0.4, -0.2) is 36.3 Å². The fourth-order valence-corrected chi connectivity index (χ4v) is 3.04. The number of esters is 1. The molecular weight excluding hydrogens is 386 g/mol. The third kappa shape index (κ3) is 5.22. The number of benzene rings is 2. The van der Waals surface area contributed by atoms with Gasteiger partial charge in [0.05, 0.1) is 11.3 Å². The molecule has 1 heterocycles. The number of urea groups is 1. The van der Waals surface area contributed by atoms with Gasteiger partial charge in [-0.25, -0.2) is 9.59 Å². The number of nitrogens with one attached hydrogen (secondary N) is 3. The van der Waals surface area contributed by atoms with Crippen molar-refractivity contribution >= 4 is 35.1 Å². The number of Topliss-reactive ketones (excluding diaryl/α,β-unsaturated/α-hetero) is 1. The molecule has 0 radical (unpaired) electrons. The normalized spacial score (nSPS) is 12.6. The molecule has 0 aromatic heterocycles. The van der Waals surface area contributed by atoms with Crippen LogP contribution in [0.25, 0.3) is 0 Å². The van der Waals surface area contributed by atoms with E-state index in [0.717, 1.165) is 5.56 Å². The first kappa shape index (κ1) is 21.0. The van der Waals surface area contributed by atoms with Gasteiger partial charge >= 0.3 is 12.0 Å². The van der Waals surface area contributed by atoms with Crippen LogP contribution in [-0.2, 0) is 16.0 Å². The Morgan fingerprint density at radius 2 is 1.87 bits per heavy atom. The van der Waals surface area contributed by atoms with Gasteiger partial charge in [-0.1, -0.05) is 12.1 Å². The van der Waals surface area contributed by atoms with Gasteiger partial charge in [0.1, 0.15) is 0 Å². The van der Waals surface area contributed by atoms with Crippen molar-refractivity contribution in [1.82, 2.24) is 5.32 Å². The Balaban J connectivity index is 1.64. The van der Waals surface area contributed by atoms with Gasteiger partial charge in [0, 0.05) is 23.7 Å². The second-order valence-electron chi connectivity index (χ2n) is 7.22. The van der Waals surface area contributed by atoms with E-state index in [0.29, 0.717) is 24.1 Å². The zero-order chi connectivity index (χ0) is 21.7. The minimum atomic E-state index is -0.714. The fraction of sp³-hybridized carbons (Fsp3) is 0.273. The molecule has 0 saturated carbocycles. The number of amides is 3. The monoisotopic (exact) mass is 409 g/mol. The molecule has 0 aliphatic carbocycles. The Labute approximate surface area is 174 Å². The van der Waals surface area contributed by atoms with Crippen molar-refractivity contribution < 1.29 is 23.9 Å². The highest BCUT2D eigenvalue weighted by Crippen LogP contribution is 2.24. The number of rotatable bonds is 6. The van der Waals surface area contributed by atoms with Crippen LogP contribution in [0.5, 0.6) is 0 Å². The molecule has 30 heavy (non-hydrogen) atoms. The van der Waals surface area contributed by atoms with Gasteiger partial charge in [0.15, 0.2) is 12.4 Å². The molecule has 3 N–H and O–H groups in total. The van der Waals surface area contributed by atoms with Gasteiger partial charge in [0.25, 0.3) is 0 Å². The predicted octanol–water partition coefficient (Wildman–Crippen LogP) is 3.14. The van der Waals surface area contributed by atoms with Crippen LogP contribution < -0.4 is 16.0 Å². The molecule has 0 atom stereocenters. The van der Waals surface area contributed by atoms with E-state index in [2.05, 4.69) is 16.0 Å². The number of ketones is 1. The second-order valence-corrected chi connectivity index (χ2v) is 7.22. The maximum atomic E-state index is 12.5. The van der Waals surface area contributed by atoms with Crippen molar-refractivity contribution in [2.24, 2.45) is 0 Å². The van der Waals surface area contributed by atoms with Gasteiger partial charge in [0.2, 0.25) is 5.91 Å². The van der Waals surface area contributed by atoms with Crippen LogP contribution in [0, 0.1) is 0 Å². The van der Waals surface area contributed by atoms with Crippen LogP contribution in [0.3, 0.4) is 0 Å². The van der Waals surface area contributed by atoms with Gasteiger partial charge in [-0.3, -0.25) is 9.59 Å². The standard InChI is InChI=1S/C22H23N3O5/c1-13(2)23-22(29)25-18-6-4-3-5-16(18)21(28)30-12-19(26)15-7-9-17-14(11-15)8-10-20(27)24-17/h3-7,9,11,13H,8,10,12H2,1-2H3,(H,24,27)(H2,23,25,29). The van der Waals surface area contributed by atoms with Crippen LogP contribution >= 0.6 is 0 Å².